The van der Waals surface area contributed by atoms with Crippen molar-refractivity contribution in [1.29, 1.82) is 0 Å². The fourth-order valence-corrected chi connectivity index (χ4v) is 3.34. The molecule has 5 nitrogen and oxygen atoms in total. The van der Waals surface area contributed by atoms with Crippen molar-refractivity contribution in [1.82, 2.24) is 9.97 Å². The van der Waals surface area contributed by atoms with E-state index in [2.05, 4.69) is 52.1 Å². The molecule has 2 aromatic rings. The van der Waals surface area contributed by atoms with Crippen LogP contribution in [0, 0.1) is 0 Å². The van der Waals surface area contributed by atoms with Crippen molar-refractivity contribution in [3.63, 3.8) is 0 Å². The number of aromatic nitrogens is 2. The lowest BCUT2D eigenvalue weighted by molar-refractivity contribution is -0.0449. The monoisotopic (exact) mass is 353 g/mol. The lowest BCUT2D eigenvalue weighted by atomic mass is 10.0. The second kappa shape index (κ2) is 8.92. The summed E-state index contributed by atoms with van der Waals surface area (Å²) in [6, 6.07) is 6.46. The van der Waals surface area contributed by atoms with E-state index < -0.39 is 0 Å². The molecule has 0 spiro atoms. The molecule has 5 heteroatoms. The molecule has 2 heterocycles. The zero-order chi connectivity index (χ0) is 18.4. The fourth-order valence-electron chi connectivity index (χ4n) is 3.34. The summed E-state index contributed by atoms with van der Waals surface area (Å²) in [7, 11) is 0. The van der Waals surface area contributed by atoms with Gasteiger partial charge in [-0.15, -0.1) is 0 Å². The molecular formula is C21H27N3O2. The fraction of sp³-hybridized carbons (Fsp3) is 0.429. The molecule has 26 heavy (non-hydrogen) atoms. The lowest BCUT2D eigenvalue weighted by Crippen LogP contribution is -2.46. The highest BCUT2D eigenvalue weighted by molar-refractivity contribution is 5.76. The Bertz CT molecular complexity index is 733. The van der Waals surface area contributed by atoms with Crippen molar-refractivity contribution in [3.8, 4) is 11.1 Å². The molecule has 3 rings (SSSR count). The van der Waals surface area contributed by atoms with Crippen LogP contribution < -0.4 is 4.90 Å². The second-order valence-electron chi connectivity index (χ2n) is 6.22. The third kappa shape index (κ3) is 3.94. The minimum Gasteiger partial charge on any atom is -0.370 e. The van der Waals surface area contributed by atoms with Gasteiger partial charge in [-0.25, -0.2) is 9.97 Å². The van der Waals surface area contributed by atoms with Crippen molar-refractivity contribution in [2.75, 3.05) is 24.7 Å². The van der Waals surface area contributed by atoms with E-state index in [1.807, 2.05) is 26.2 Å². The number of ether oxygens (including phenoxy) is 2. The minimum atomic E-state index is -0.139. The predicted octanol–water partition coefficient (Wildman–Crippen LogP) is 4.15. The van der Waals surface area contributed by atoms with Gasteiger partial charge in [-0.05, 0) is 37.5 Å². The summed E-state index contributed by atoms with van der Waals surface area (Å²) < 4.78 is 12.1. The first-order chi connectivity index (χ1) is 12.8. The average Bonchev–Trinajstić information content (AvgIpc) is 2.81. The number of hydrogen-bond donors (Lipinski definition) is 0. The molecule has 0 radical (unpaired) electrons. The maximum atomic E-state index is 6.12. The van der Waals surface area contributed by atoms with Gasteiger partial charge in [0, 0.05) is 43.4 Å². The van der Waals surface area contributed by atoms with Crippen molar-refractivity contribution in [3.05, 3.63) is 48.6 Å². The summed E-state index contributed by atoms with van der Waals surface area (Å²) in [6.45, 7) is 8.43. The van der Waals surface area contributed by atoms with Gasteiger partial charge >= 0.3 is 0 Å². The maximum absolute atomic E-state index is 6.12. The highest BCUT2D eigenvalue weighted by Crippen LogP contribution is 2.34. The van der Waals surface area contributed by atoms with Crippen LogP contribution in [0.3, 0.4) is 0 Å². The van der Waals surface area contributed by atoms with Crippen LogP contribution in [0.25, 0.3) is 17.2 Å². The summed E-state index contributed by atoms with van der Waals surface area (Å²) in [5.74, 6) is 0. The van der Waals surface area contributed by atoms with Gasteiger partial charge in [0.1, 0.15) is 12.4 Å². The summed E-state index contributed by atoms with van der Waals surface area (Å²) >= 11 is 0. The van der Waals surface area contributed by atoms with E-state index in [0.29, 0.717) is 13.2 Å². The van der Waals surface area contributed by atoms with Crippen LogP contribution >= 0.6 is 0 Å². The van der Waals surface area contributed by atoms with Gasteiger partial charge in [-0.1, -0.05) is 31.2 Å². The predicted molar refractivity (Wildman–Crippen MR) is 105 cm³/mol. The SMILES string of the molecule is CCCN1c2cc(-c3cncnc3)ccc2C=CC(OCC)C1OCC. The smallest absolute Gasteiger partial charge is 0.160 e. The first-order valence-electron chi connectivity index (χ1n) is 9.35. The van der Waals surface area contributed by atoms with Gasteiger partial charge in [-0.2, -0.15) is 0 Å². The lowest BCUT2D eigenvalue weighted by Gasteiger charge is -2.36. The minimum absolute atomic E-state index is 0.0950. The number of rotatable bonds is 7. The number of anilines is 1. The van der Waals surface area contributed by atoms with Gasteiger partial charge in [0.05, 0.1) is 0 Å². The molecule has 138 valence electrons. The van der Waals surface area contributed by atoms with Crippen LogP contribution in [-0.2, 0) is 9.47 Å². The first-order valence-corrected chi connectivity index (χ1v) is 9.35. The quantitative estimate of drug-likeness (QED) is 0.748. The van der Waals surface area contributed by atoms with E-state index >= 15 is 0 Å². The summed E-state index contributed by atoms with van der Waals surface area (Å²) in [6.07, 6.45) is 10.3. The Kier molecular flexibility index (Phi) is 6.36. The molecule has 2 atom stereocenters. The zero-order valence-electron chi connectivity index (χ0n) is 15.8. The third-order valence-electron chi connectivity index (χ3n) is 4.45. The van der Waals surface area contributed by atoms with Crippen LogP contribution in [0.5, 0.6) is 0 Å². The average molecular weight is 353 g/mol. The maximum Gasteiger partial charge on any atom is 0.160 e. The van der Waals surface area contributed by atoms with E-state index in [9.17, 15) is 0 Å². The number of fused-ring (bicyclic) bond motifs is 1. The van der Waals surface area contributed by atoms with Crippen LogP contribution in [0.1, 0.15) is 32.8 Å². The van der Waals surface area contributed by atoms with Gasteiger partial charge < -0.3 is 14.4 Å². The molecule has 1 aliphatic rings. The highest BCUT2D eigenvalue weighted by atomic mass is 16.5. The van der Waals surface area contributed by atoms with Crippen LogP contribution in [0.15, 0.2) is 43.0 Å². The second-order valence-corrected chi connectivity index (χ2v) is 6.22. The Labute approximate surface area is 155 Å². The summed E-state index contributed by atoms with van der Waals surface area (Å²) in [5.41, 5.74) is 4.44. The Morgan fingerprint density at radius 1 is 1.00 bits per heavy atom. The standard InChI is InChI=1S/C21H27N3O2/c1-4-11-24-19-12-17(18-13-22-15-23-14-18)8-7-16(19)9-10-20(25-5-2)21(24)26-6-3/h7-10,12-15,20-21H,4-6,11H2,1-3H3. The Balaban J connectivity index is 2.05. The van der Waals surface area contributed by atoms with Crippen LogP contribution in [0.2, 0.25) is 0 Å². The molecule has 0 bridgehead atoms. The molecule has 1 aromatic carbocycles. The topological polar surface area (TPSA) is 47.5 Å². The highest BCUT2D eigenvalue weighted by Gasteiger charge is 2.30. The van der Waals surface area contributed by atoms with Crippen molar-refractivity contribution in [2.45, 2.75) is 39.5 Å². The van der Waals surface area contributed by atoms with E-state index in [1.165, 1.54) is 5.56 Å². The van der Waals surface area contributed by atoms with E-state index in [1.54, 1.807) is 6.33 Å². The summed E-state index contributed by atoms with van der Waals surface area (Å²) in [4.78, 5) is 10.6. The van der Waals surface area contributed by atoms with Gasteiger partial charge in [-0.3, -0.25) is 0 Å². The number of benzene rings is 1. The zero-order valence-corrected chi connectivity index (χ0v) is 15.8. The van der Waals surface area contributed by atoms with Gasteiger partial charge in [0.2, 0.25) is 0 Å². The van der Waals surface area contributed by atoms with Crippen LogP contribution in [-0.4, -0.2) is 42.1 Å². The molecule has 0 amide bonds. The largest absolute Gasteiger partial charge is 0.370 e. The molecule has 0 fully saturated rings. The molecule has 0 aliphatic carbocycles. The first kappa shape index (κ1) is 18.5. The van der Waals surface area contributed by atoms with Crippen LogP contribution in [0.4, 0.5) is 5.69 Å². The molecule has 2 unspecified atom stereocenters. The Hall–Kier alpha value is -2.24. The Morgan fingerprint density at radius 2 is 1.77 bits per heavy atom. The summed E-state index contributed by atoms with van der Waals surface area (Å²) in [5, 5.41) is 0. The normalized spacial score (nSPS) is 19.3. The van der Waals surface area contributed by atoms with E-state index in [0.717, 1.165) is 29.8 Å². The van der Waals surface area contributed by atoms with Gasteiger partial charge in [0.15, 0.2) is 6.23 Å². The number of hydrogen-bond acceptors (Lipinski definition) is 5. The third-order valence-corrected chi connectivity index (χ3v) is 4.45. The molecule has 0 saturated carbocycles. The van der Waals surface area contributed by atoms with E-state index in [-0.39, 0.29) is 12.3 Å². The molecule has 1 aliphatic heterocycles. The van der Waals surface area contributed by atoms with Gasteiger partial charge in [0.25, 0.3) is 0 Å². The molecule has 1 aromatic heterocycles. The van der Waals surface area contributed by atoms with Crippen molar-refractivity contribution < 1.29 is 9.47 Å². The number of nitrogens with zero attached hydrogens (tertiary/aromatic N) is 3. The van der Waals surface area contributed by atoms with Crippen molar-refractivity contribution in [2.24, 2.45) is 0 Å². The Morgan fingerprint density at radius 3 is 2.46 bits per heavy atom. The van der Waals surface area contributed by atoms with E-state index in [4.69, 9.17) is 9.47 Å². The molecule has 0 saturated heterocycles. The van der Waals surface area contributed by atoms with Crippen molar-refractivity contribution >= 4 is 11.8 Å². The molecular weight excluding hydrogens is 326 g/mol. The molecule has 0 N–H and O–H groups in total.